The van der Waals surface area contributed by atoms with Crippen LogP contribution >= 0.6 is 11.3 Å². The predicted octanol–water partition coefficient (Wildman–Crippen LogP) is 3.46. The molecule has 0 aromatic carbocycles. The maximum atomic E-state index is 10.4. The van der Waals surface area contributed by atoms with Crippen molar-refractivity contribution in [3.8, 4) is 0 Å². The molecule has 4 heteroatoms. The number of hydrogen-bond donors (Lipinski definition) is 2. The molecule has 1 saturated carbocycles. The SMILES string of the molecule is CC1CC1c1ccc(CNCC(C)(O)c2cccs2)o1. The van der Waals surface area contributed by atoms with Gasteiger partial charge in [-0.15, -0.1) is 11.3 Å². The second-order valence-electron chi connectivity index (χ2n) is 5.98. The van der Waals surface area contributed by atoms with Crippen molar-refractivity contribution in [1.82, 2.24) is 5.32 Å². The van der Waals surface area contributed by atoms with Gasteiger partial charge in [-0.25, -0.2) is 0 Å². The van der Waals surface area contributed by atoms with Gasteiger partial charge in [0.1, 0.15) is 17.1 Å². The lowest BCUT2D eigenvalue weighted by Crippen LogP contribution is -2.34. The highest BCUT2D eigenvalue weighted by Gasteiger charge is 2.36. The van der Waals surface area contributed by atoms with Gasteiger partial charge < -0.3 is 14.8 Å². The van der Waals surface area contributed by atoms with E-state index in [-0.39, 0.29) is 0 Å². The van der Waals surface area contributed by atoms with Crippen LogP contribution < -0.4 is 5.32 Å². The zero-order valence-corrected chi connectivity index (χ0v) is 12.7. The lowest BCUT2D eigenvalue weighted by Gasteiger charge is -2.22. The van der Waals surface area contributed by atoms with Gasteiger partial charge in [-0.05, 0) is 42.8 Å². The van der Waals surface area contributed by atoms with Crippen LogP contribution in [0.25, 0.3) is 0 Å². The summed E-state index contributed by atoms with van der Waals surface area (Å²) in [6, 6.07) is 8.05. The molecule has 3 atom stereocenters. The summed E-state index contributed by atoms with van der Waals surface area (Å²) in [6.45, 7) is 5.26. The normalized spacial score (nSPS) is 24.6. The lowest BCUT2D eigenvalue weighted by molar-refractivity contribution is 0.0599. The smallest absolute Gasteiger partial charge is 0.117 e. The lowest BCUT2D eigenvalue weighted by atomic mass is 10.1. The van der Waals surface area contributed by atoms with Gasteiger partial charge in [0.25, 0.3) is 0 Å². The summed E-state index contributed by atoms with van der Waals surface area (Å²) < 4.78 is 5.84. The molecule has 0 bridgehead atoms. The van der Waals surface area contributed by atoms with Crippen molar-refractivity contribution < 1.29 is 9.52 Å². The van der Waals surface area contributed by atoms with Crippen molar-refractivity contribution in [1.29, 1.82) is 0 Å². The third kappa shape index (κ3) is 2.97. The number of furan rings is 1. The van der Waals surface area contributed by atoms with Gasteiger partial charge in [0.15, 0.2) is 0 Å². The second-order valence-corrected chi connectivity index (χ2v) is 6.93. The van der Waals surface area contributed by atoms with Crippen molar-refractivity contribution in [2.75, 3.05) is 6.54 Å². The van der Waals surface area contributed by atoms with Crippen LogP contribution in [-0.2, 0) is 12.1 Å². The van der Waals surface area contributed by atoms with E-state index >= 15 is 0 Å². The Morgan fingerprint density at radius 2 is 2.25 bits per heavy atom. The van der Waals surface area contributed by atoms with Gasteiger partial charge in [0.2, 0.25) is 0 Å². The molecule has 20 heavy (non-hydrogen) atoms. The molecule has 0 amide bonds. The van der Waals surface area contributed by atoms with Crippen LogP contribution in [0.1, 0.15) is 42.6 Å². The molecule has 1 aliphatic carbocycles. The number of nitrogens with one attached hydrogen (secondary N) is 1. The van der Waals surface area contributed by atoms with Crippen molar-refractivity contribution >= 4 is 11.3 Å². The van der Waals surface area contributed by atoms with E-state index in [2.05, 4.69) is 18.3 Å². The first kappa shape index (κ1) is 13.9. The highest BCUT2D eigenvalue weighted by atomic mass is 32.1. The quantitative estimate of drug-likeness (QED) is 0.856. The average Bonchev–Trinajstić information content (AvgIpc) is 2.90. The Kier molecular flexibility index (Phi) is 3.71. The van der Waals surface area contributed by atoms with Crippen molar-refractivity contribution in [2.24, 2.45) is 5.92 Å². The van der Waals surface area contributed by atoms with Crippen LogP contribution in [0.2, 0.25) is 0 Å². The molecule has 108 valence electrons. The minimum Gasteiger partial charge on any atom is -0.464 e. The molecule has 3 rings (SSSR count). The van der Waals surface area contributed by atoms with Gasteiger partial charge in [-0.2, -0.15) is 0 Å². The predicted molar refractivity (Wildman–Crippen MR) is 80.8 cm³/mol. The Morgan fingerprint density at radius 1 is 1.45 bits per heavy atom. The average molecular weight is 291 g/mol. The Morgan fingerprint density at radius 3 is 2.90 bits per heavy atom. The molecular weight excluding hydrogens is 270 g/mol. The fourth-order valence-corrected chi connectivity index (χ4v) is 3.30. The zero-order valence-electron chi connectivity index (χ0n) is 11.9. The Bertz CT molecular complexity index is 559. The molecular formula is C16H21NO2S. The third-order valence-electron chi connectivity index (χ3n) is 3.98. The Labute approximate surface area is 123 Å². The molecule has 0 spiro atoms. The minimum absolute atomic E-state index is 0.517. The highest BCUT2D eigenvalue weighted by Crippen LogP contribution is 2.47. The van der Waals surface area contributed by atoms with Crippen LogP contribution in [0.5, 0.6) is 0 Å². The maximum Gasteiger partial charge on any atom is 0.117 e. The van der Waals surface area contributed by atoms with E-state index in [9.17, 15) is 5.11 Å². The zero-order chi connectivity index (χ0) is 14.2. The van der Waals surface area contributed by atoms with Crippen LogP contribution in [0, 0.1) is 5.92 Å². The van der Waals surface area contributed by atoms with Crippen molar-refractivity contribution in [3.63, 3.8) is 0 Å². The molecule has 2 aromatic rings. The Balaban J connectivity index is 1.51. The van der Waals surface area contributed by atoms with Crippen molar-refractivity contribution in [2.45, 2.75) is 38.3 Å². The number of aliphatic hydroxyl groups is 1. The van der Waals surface area contributed by atoms with Gasteiger partial charge in [0, 0.05) is 17.3 Å². The van der Waals surface area contributed by atoms with Gasteiger partial charge in [-0.3, -0.25) is 0 Å². The molecule has 0 radical (unpaired) electrons. The highest BCUT2D eigenvalue weighted by molar-refractivity contribution is 7.10. The van der Waals surface area contributed by atoms with E-state index in [1.54, 1.807) is 11.3 Å². The largest absolute Gasteiger partial charge is 0.464 e. The Hall–Kier alpha value is -1.10. The standard InChI is InChI=1S/C16H21NO2S/c1-11-8-13(11)14-6-5-12(19-14)9-17-10-16(2,18)15-4-3-7-20-15/h3-7,11,13,17-18H,8-10H2,1-2H3. The third-order valence-corrected chi connectivity index (χ3v) is 5.10. The fourth-order valence-electron chi connectivity index (χ4n) is 2.51. The molecule has 1 aliphatic rings. The monoisotopic (exact) mass is 291 g/mol. The fraction of sp³-hybridized carbons (Fsp3) is 0.500. The maximum absolute atomic E-state index is 10.4. The van der Waals surface area contributed by atoms with E-state index in [1.807, 2.05) is 30.5 Å². The number of rotatable bonds is 6. The molecule has 1 fully saturated rings. The van der Waals surface area contributed by atoms with E-state index in [0.29, 0.717) is 19.0 Å². The minimum atomic E-state index is -0.825. The number of hydrogen-bond acceptors (Lipinski definition) is 4. The van der Waals surface area contributed by atoms with E-state index < -0.39 is 5.60 Å². The van der Waals surface area contributed by atoms with E-state index in [1.165, 1.54) is 6.42 Å². The van der Waals surface area contributed by atoms with Crippen LogP contribution in [0.4, 0.5) is 0 Å². The summed E-state index contributed by atoms with van der Waals surface area (Å²) >= 11 is 1.58. The van der Waals surface area contributed by atoms with E-state index in [4.69, 9.17) is 4.42 Å². The van der Waals surface area contributed by atoms with Gasteiger partial charge in [-0.1, -0.05) is 13.0 Å². The van der Waals surface area contributed by atoms with Crippen LogP contribution in [0.3, 0.4) is 0 Å². The molecule has 0 aliphatic heterocycles. The van der Waals surface area contributed by atoms with Crippen LogP contribution in [-0.4, -0.2) is 11.7 Å². The summed E-state index contributed by atoms with van der Waals surface area (Å²) in [5.74, 6) is 3.44. The topological polar surface area (TPSA) is 45.4 Å². The first-order chi connectivity index (χ1) is 9.56. The van der Waals surface area contributed by atoms with E-state index in [0.717, 1.165) is 22.3 Å². The summed E-state index contributed by atoms with van der Waals surface area (Å²) in [7, 11) is 0. The molecule has 0 saturated heterocycles. The second kappa shape index (κ2) is 5.35. The van der Waals surface area contributed by atoms with Gasteiger partial charge >= 0.3 is 0 Å². The summed E-state index contributed by atoms with van der Waals surface area (Å²) in [4.78, 5) is 0.983. The molecule has 3 unspecified atom stereocenters. The molecule has 2 N–H and O–H groups in total. The summed E-state index contributed by atoms with van der Waals surface area (Å²) in [5, 5.41) is 15.7. The van der Waals surface area contributed by atoms with Gasteiger partial charge in [0.05, 0.1) is 6.54 Å². The number of thiophene rings is 1. The summed E-state index contributed by atoms with van der Waals surface area (Å²) in [5.41, 5.74) is -0.825. The first-order valence-corrected chi connectivity index (χ1v) is 8.00. The molecule has 3 nitrogen and oxygen atoms in total. The first-order valence-electron chi connectivity index (χ1n) is 7.12. The summed E-state index contributed by atoms with van der Waals surface area (Å²) in [6.07, 6.45) is 1.24. The van der Waals surface area contributed by atoms with Crippen LogP contribution in [0.15, 0.2) is 34.1 Å². The molecule has 2 aromatic heterocycles. The van der Waals surface area contributed by atoms with Crippen molar-refractivity contribution in [3.05, 3.63) is 46.0 Å². The molecule has 2 heterocycles.